The van der Waals surface area contributed by atoms with E-state index in [2.05, 4.69) is 10.6 Å². The van der Waals surface area contributed by atoms with E-state index in [0.717, 1.165) is 31.4 Å². The molecule has 4 N–H and O–H groups in total. The van der Waals surface area contributed by atoms with E-state index in [1.807, 2.05) is 0 Å². The molecule has 5 heteroatoms. The van der Waals surface area contributed by atoms with E-state index in [1.54, 1.807) is 12.1 Å². The van der Waals surface area contributed by atoms with Crippen molar-refractivity contribution in [1.82, 2.24) is 10.6 Å². The number of carbonyl (C=O) groups excluding carboxylic acids is 1. The molecule has 0 atom stereocenters. The largest absolute Gasteiger partial charge is 0.508 e. The lowest BCUT2D eigenvalue weighted by Crippen LogP contribution is -2.26. The number of hydrogen-bond acceptors (Lipinski definition) is 4. The Morgan fingerprint density at radius 3 is 2.79 bits per heavy atom. The number of nitrogens with one attached hydrogen (secondary N) is 2. The summed E-state index contributed by atoms with van der Waals surface area (Å²) in [7, 11) is 0. The van der Waals surface area contributed by atoms with Crippen LogP contribution in [0.15, 0.2) is 18.2 Å². The highest BCUT2D eigenvalue weighted by molar-refractivity contribution is 5.76. The molecule has 104 valence electrons. The zero-order chi connectivity index (χ0) is 13.7. The van der Waals surface area contributed by atoms with E-state index in [9.17, 15) is 9.90 Å². The number of carbonyl (C=O) groups is 1. The topological polar surface area (TPSA) is 81.6 Å². The van der Waals surface area contributed by atoms with E-state index < -0.39 is 0 Å². The molecule has 1 saturated carbocycles. The Balaban J connectivity index is 1.59. The summed E-state index contributed by atoms with van der Waals surface area (Å²) < 4.78 is 0. The van der Waals surface area contributed by atoms with E-state index in [1.165, 1.54) is 6.07 Å². The molecule has 5 nitrogen and oxygen atoms in total. The van der Waals surface area contributed by atoms with Gasteiger partial charge < -0.3 is 20.8 Å². The highest BCUT2D eigenvalue weighted by Crippen LogP contribution is 2.22. The van der Waals surface area contributed by atoms with Gasteiger partial charge in [0, 0.05) is 30.6 Å². The van der Waals surface area contributed by atoms with Gasteiger partial charge in [-0.15, -0.1) is 0 Å². The van der Waals surface area contributed by atoms with Crippen LogP contribution in [-0.2, 0) is 11.3 Å². The van der Waals surface area contributed by atoms with Crippen LogP contribution < -0.4 is 10.6 Å². The summed E-state index contributed by atoms with van der Waals surface area (Å²) >= 11 is 0. The van der Waals surface area contributed by atoms with Gasteiger partial charge in [-0.2, -0.15) is 0 Å². The number of hydrogen-bond donors (Lipinski definition) is 4. The molecule has 0 radical (unpaired) electrons. The van der Waals surface area contributed by atoms with Crippen molar-refractivity contribution < 1.29 is 15.0 Å². The van der Waals surface area contributed by atoms with Gasteiger partial charge in [0.25, 0.3) is 0 Å². The van der Waals surface area contributed by atoms with Crippen LogP contribution in [0.25, 0.3) is 0 Å². The van der Waals surface area contributed by atoms with E-state index >= 15 is 0 Å². The van der Waals surface area contributed by atoms with Crippen LogP contribution in [0.3, 0.4) is 0 Å². The van der Waals surface area contributed by atoms with Gasteiger partial charge in [0.05, 0.1) is 0 Å². The average Bonchev–Trinajstić information content (AvgIpc) is 3.15. The minimum atomic E-state index is 0.0537. The number of phenolic OH excluding ortho intramolecular Hbond substituents is 2. The van der Waals surface area contributed by atoms with Crippen LogP contribution >= 0.6 is 0 Å². The van der Waals surface area contributed by atoms with Gasteiger partial charge >= 0.3 is 0 Å². The predicted molar refractivity (Wildman–Crippen MR) is 71.9 cm³/mol. The standard InChI is InChI=1S/C14H20N2O3/c17-12-6-3-10(13(18)8-12)9-15-7-1-2-14(19)16-11-4-5-11/h3,6,8,11,15,17-18H,1-2,4-5,7,9H2,(H,16,19). The molecule has 1 fully saturated rings. The number of amides is 1. The Morgan fingerprint density at radius 2 is 2.11 bits per heavy atom. The van der Waals surface area contributed by atoms with Crippen molar-refractivity contribution in [2.45, 2.75) is 38.3 Å². The summed E-state index contributed by atoms with van der Waals surface area (Å²) in [5.74, 6) is 0.258. The first-order valence-corrected chi connectivity index (χ1v) is 6.66. The quantitative estimate of drug-likeness (QED) is 0.559. The van der Waals surface area contributed by atoms with Crippen molar-refractivity contribution >= 4 is 5.91 Å². The first kappa shape index (κ1) is 13.7. The zero-order valence-corrected chi connectivity index (χ0v) is 10.9. The minimum absolute atomic E-state index is 0.0537. The average molecular weight is 264 g/mol. The molecule has 1 aromatic rings. The Hall–Kier alpha value is -1.75. The highest BCUT2D eigenvalue weighted by atomic mass is 16.3. The first-order chi connectivity index (χ1) is 9.15. The molecule has 1 aromatic carbocycles. The third-order valence-electron chi connectivity index (χ3n) is 3.08. The Labute approximate surface area is 112 Å². The summed E-state index contributed by atoms with van der Waals surface area (Å²) in [6.45, 7) is 1.24. The molecule has 2 rings (SSSR count). The fourth-order valence-corrected chi connectivity index (χ4v) is 1.83. The maximum Gasteiger partial charge on any atom is 0.220 e. The van der Waals surface area contributed by atoms with Gasteiger partial charge in [0.2, 0.25) is 5.91 Å². The molecule has 0 heterocycles. The molecule has 0 bridgehead atoms. The van der Waals surface area contributed by atoms with Gasteiger partial charge in [-0.1, -0.05) is 6.07 Å². The summed E-state index contributed by atoms with van der Waals surface area (Å²) in [6.07, 6.45) is 3.54. The molecule has 1 amide bonds. The molecule has 19 heavy (non-hydrogen) atoms. The van der Waals surface area contributed by atoms with Gasteiger partial charge in [0.1, 0.15) is 11.5 Å². The third kappa shape index (κ3) is 4.79. The van der Waals surface area contributed by atoms with Gasteiger partial charge in [-0.3, -0.25) is 4.79 Å². The molecule has 1 aliphatic rings. The molecular formula is C14H20N2O3. The SMILES string of the molecule is O=C(CCCNCc1ccc(O)cc1O)NC1CC1. The van der Waals surface area contributed by atoms with Crippen LogP contribution in [0.5, 0.6) is 11.5 Å². The smallest absolute Gasteiger partial charge is 0.220 e. The van der Waals surface area contributed by atoms with E-state index in [4.69, 9.17) is 5.11 Å². The lowest BCUT2D eigenvalue weighted by atomic mass is 10.2. The lowest BCUT2D eigenvalue weighted by Gasteiger charge is -2.07. The van der Waals surface area contributed by atoms with Crippen LogP contribution in [0, 0.1) is 0 Å². The van der Waals surface area contributed by atoms with E-state index in [0.29, 0.717) is 19.0 Å². The van der Waals surface area contributed by atoms with Crippen molar-refractivity contribution in [3.8, 4) is 11.5 Å². The van der Waals surface area contributed by atoms with Crippen LogP contribution in [0.4, 0.5) is 0 Å². The number of phenols is 2. The monoisotopic (exact) mass is 264 g/mol. The number of benzene rings is 1. The number of aromatic hydroxyl groups is 2. The first-order valence-electron chi connectivity index (χ1n) is 6.66. The maximum atomic E-state index is 11.4. The second-order valence-corrected chi connectivity index (χ2v) is 4.94. The van der Waals surface area contributed by atoms with Crippen molar-refractivity contribution in [3.05, 3.63) is 23.8 Å². The highest BCUT2D eigenvalue weighted by Gasteiger charge is 2.22. The summed E-state index contributed by atoms with van der Waals surface area (Å²) in [5, 5.41) is 24.8. The Bertz CT molecular complexity index is 444. The van der Waals surface area contributed by atoms with Gasteiger partial charge in [0.15, 0.2) is 0 Å². The van der Waals surface area contributed by atoms with Crippen LogP contribution in [-0.4, -0.2) is 28.7 Å². The van der Waals surface area contributed by atoms with Crippen LogP contribution in [0.2, 0.25) is 0 Å². The van der Waals surface area contributed by atoms with Gasteiger partial charge in [-0.05, 0) is 31.9 Å². The molecule has 0 saturated heterocycles. The van der Waals surface area contributed by atoms with Crippen molar-refractivity contribution in [2.24, 2.45) is 0 Å². The fourth-order valence-electron chi connectivity index (χ4n) is 1.83. The van der Waals surface area contributed by atoms with E-state index in [-0.39, 0.29) is 17.4 Å². The molecule has 0 unspecified atom stereocenters. The minimum Gasteiger partial charge on any atom is -0.508 e. The molecule has 0 aliphatic heterocycles. The van der Waals surface area contributed by atoms with Crippen LogP contribution in [0.1, 0.15) is 31.2 Å². The molecule has 1 aliphatic carbocycles. The maximum absolute atomic E-state index is 11.4. The lowest BCUT2D eigenvalue weighted by molar-refractivity contribution is -0.121. The van der Waals surface area contributed by atoms with Gasteiger partial charge in [-0.25, -0.2) is 0 Å². The zero-order valence-electron chi connectivity index (χ0n) is 10.9. The summed E-state index contributed by atoms with van der Waals surface area (Å²) in [4.78, 5) is 11.4. The van der Waals surface area contributed by atoms with Crippen molar-refractivity contribution in [2.75, 3.05) is 6.54 Å². The van der Waals surface area contributed by atoms with Crippen molar-refractivity contribution in [1.29, 1.82) is 0 Å². The molecule has 0 aromatic heterocycles. The molecular weight excluding hydrogens is 244 g/mol. The third-order valence-corrected chi connectivity index (χ3v) is 3.08. The second-order valence-electron chi connectivity index (χ2n) is 4.94. The normalized spacial score (nSPS) is 14.3. The summed E-state index contributed by atoms with van der Waals surface area (Å²) in [5.41, 5.74) is 0.736. The summed E-state index contributed by atoms with van der Waals surface area (Å²) in [6, 6.07) is 4.96. The Kier molecular flexibility index (Phi) is 4.63. The Morgan fingerprint density at radius 1 is 1.32 bits per heavy atom. The fraction of sp³-hybridized carbons (Fsp3) is 0.500. The number of rotatable bonds is 7. The predicted octanol–water partition coefficient (Wildman–Crippen LogP) is 1.25. The second kappa shape index (κ2) is 6.43. The van der Waals surface area contributed by atoms with Crippen molar-refractivity contribution in [3.63, 3.8) is 0 Å². The molecule has 0 spiro atoms.